The minimum Gasteiger partial charge on any atom is -0.394 e. The summed E-state index contributed by atoms with van der Waals surface area (Å²) in [6, 6.07) is 0. The van der Waals surface area contributed by atoms with Crippen molar-refractivity contribution >= 4 is 17.4 Å². The van der Waals surface area contributed by atoms with Gasteiger partial charge in [-0.25, -0.2) is 0 Å². The smallest absolute Gasteiger partial charge is 0.394 e. The van der Waals surface area contributed by atoms with Crippen LogP contribution in [0.5, 0.6) is 0 Å². The minimum atomic E-state index is -1.01. The van der Waals surface area contributed by atoms with Crippen LogP contribution in [-0.4, -0.2) is 37.6 Å². The molecule has 0 saturated heterocycles. The Morgan fingerprint density at radius 1 is 1.79 bits per heavy atom. The molecule has 0 aliphatic rings. The average molecular weight is 222 g/mol. The van der Waals surface area contributed by atoms with Gasteiger partial charge in [0.05, 0.1) is 30.6 Å². The highest BCUT2D eigenvalue weighted by Crippen LogP contribution is 2.21. The summed E-state index contributed by atoms with van der Waals surface area (Å²) in [5.41, 5.74) is 0. The molecule has 14 heavy (non-hydrogen) atoms. The number of aliphatic hydroxyl groups excluding tert-OH is 2. The summed E-state index contributed by atoms with van der Waals surface area (Å²) in [5, 5.41) is 31.3. The van der Waals surface area contributed by atoms with Crippen molar-refractivity contribution in [3.05, 3.63) is 21.3 Å². The number of nitro groups is 1. The Hall–Kier alpha value is -1.18. The van der Waals surface area contributed by atoms with Crippen LogP contribution in [-0.2, 0) is 6.54 Å². The molecular weight excluding hydrogens is 214 g/mol. The van der Waals surface area contributed by atoms with Crippen LogP contribution >= 0.6 is 11.6 Å². The zero-order valence-corrected chi connectivity index (χ0v) is 7.76. The predicted molar refractivity (Wildman–Crippen MR) is 47.0 cm³/mol. The third-order valence-corrected chi connectivity index (χ3v) is 1.75. The van der Waals surface area contributed by atoms with Gasteiger partial charge in [0, 0.05) is 0 Å². The van der Waals surface area contributed by atoms with Crippen molar-refractivity contribution in [1.82, 2.24) is 9.78 Å². The van der Waals surface area contributed by atoms with Gasteiger partial charge in [0.15, 0.2) is 5.02 Å². The first-order valence-electron chi connectivity index (χ1n) is 3.71. The summed E-state index contributed by atoms with van der Waals surface area (Å²) in [5.74, 6) is -0.461. The summed E-state index contributed by atoms with van der Waals surface area (Å²) in [6.45, 7) is -0.477. The minimum absolute atomic E-state index is 0.0376. The molecule has 2 N–H and O–H groups in total. The summed E-state index contributed by atoms with van der Waals surface area (Å²) in [4.78, 5) is 9.61. The quantitative estimate of drug-likeness (QED) is 0.542. The Balaban J connectivity index is 2.81. The van der Waals surface area contributed by atoms with E-state index in [9.17, 15) is 10.1 Å². The number of aromatic nitrogens is 2. The van der Waals surface area contributed by atoms with Gasteiger partial charge in [0.1, 0.15) is 0 Å². The topological polar surface area (TPSA) is 101 Å². The van der Waals surface area contributed by atoms with E-state index in [1.807, 2.05) is 0 Å². The zero-order chi connectivity index (χ0) is 10.7. The van der Waals surface area contributed by atoms with Gasteiger partial charge in [0.25, 0.3) is 0 Å². The fourth-order valence-corrected chi connectivity index (χ4v) is 1.10. The number of hydrogen-bond donors (Lipinski definition) is 2. The molecule has 1 unspecified atom stereocenters. The van der Waals surface area contributed by atoms with Crippen molar-refractivity contribution in [2.24, 2.45) is 0 Å². The molecule has 0 amide bonds. The zero-order valence-electron chi connectivity index (χ0n) is 7.00. The molecule has 0 aromatic carbocycles. The fraction of sp³-hybridized carbons (Fsp3) is 0.500. The molecule has 1 heterocycles. The summed E-state index contributed by atoms with van der Waals surface area (Å²) in [7, 11) is 0. The Morgan fingerprint density at radius 3 is 2.86 bits per heavy atom. The first kappa shape index (κ1) is 10.9. The normalized spacial score (nSPS) is 12.8. The lowest BCUT2D eigenvalue weighted by Crippen LogP contribution is -2.20. The first-order valence-corrected chi connectivity index (χ1v) is 4.08. The Kier molecular flexibility index (Phi) is 3.39. The molecule has 0 radical (unpaired) electrons. The van der Waals surface area contributed by atoms with Crippen LogP contribution in [0.1, 0.15) is 0 Å². The Morgan fingerprint density at radius 2 is 2.43 bits per heavy atom. The Bertz CT molecular complexity index is 340. The van der Waals surface area contributed by atoms with Crippen molar-refractivity contribution in [2.75, 3.05) is 6.61 Å². The molecule has 0 saturated carbocycles. The summed E-state index contributed by atoms with van der Waals surface area (Å²) < 4.78 is 1.11. The SMILES string of the molecule is O=[N+]([O-])c1nn(CC(O)CO)cc1Cl. The van der Waals surface area contributed by atoms with Crippen LogP contribution in [0.4, 0.5) is 5.82 Å². The lowest BCUT2D eigenvalue weighted by molar-refractivity contribution is -0.389. The van der Waals surface area contributed by atoms with Crippen molar-refractivity contribution in [2.45, 2.75) is 12.6 Å². The molecular formula is C6H8ClN3O4. The standard InChI is InChI=1S/C6H8ClN3O4/c7-5-2-9(1-4(12)3-11)8-6(5)10(13)14/h2,4,11-12H,1,3H2. The first-order chi connectivity index (χ1) is 6.54. The Labute approximate surface area is 83.7 Å². The van der Waals surface area contributed by atoms with Gasteiger partial charge in [-0.05, 0) is 4.92 Å². The van der Waals surface area contributed by atoms with Crippen LogP contribution in [0.15, 0.2) is 6.20 Å². The number of hydrogen-bond acceptors (Lipinski definition) is 5. The van der Waals surface area contributed by atoms with Gasteiger partial charge in [-0.2, -0.15) is 4.68 Å². The lowest BCUT2D eigenvalue weighted by atomic mass is 10.4. The van der Waals surface area contributed by atoms with E-state index < -0.39 is 23.5 Å². The second-order valence-electron chi connectivity index (χ2n) is 2.62. The van der Waals surface area contributed by atoms with Gasteiger partial charge < -0.3 is 20.3 Å². The van der Waals surface area contributed by atoms with Crippen molar-refractivity contribution in [3.8, 4) is 0 Å². The number of rotatable bonds is 4. The molecule has 78 valence electrons. The van der Waals surface area contributed by atoms with E-state index in [1.165, 1.54) is 6.20 Å². The third-order valence-electron chi connectivity index (χ3n) is 1.48. The van der Waals surface area contributed by atoms with E-state index in [-0.39, 0.29) is 11.6 Å². The second-order valence-corrected chi connectivity index (χ2v) is 3.02. The average Bonchev–Trinajstić information content (AvgIpc) is 2.46. The van der Waals surface area contributed by atoms with E-state index in [4.69, 9.17) is 21.8 Å². The number of nitrogens with zero attached hydrogens (tertiary/aromatic N) is 3. The van der Waals surface area contributed by atoms with Gasteiger partial charge in [-0.15, -0.1) is 0 Å². The fourth-order valence-electron chi connectivity index (χ4n) is 0.878. The summed E-state index contributed by atoms with van der Waals surface area (Å²) >= 11 is 5.50. The molecule has 0 bridgehead atoms. The van der Waals surface area contributed by atoms with E-state index in [1.54, 1.807) is 0 Å². The summed E-state index contributed by atoms with van der Waals surface area (Å²) in [6.07, 6.45) is 0.212. The molecule has 1 aromatic heterocycles. The maximum Gasteiger partial charge on any atom is 0.408 e. The van der Waals surface area contributed by atoms with Gasteiger partial charge in [0.2, 0.25) is 0 Å². The van der Waals surface area contributed by atoms with Crippen molar-refractivity contribution in [1.29, 1.82) is 0 Å². The van der Waals surface area contributed by atoms with Crippen LogP contribution < -0.4 is 0 Å². The highest BCUT2D eigenvalue weighted by molar-refractivity contribution is 6.32. The predicted octanol–water partition coefficient (Wildman–Crippen LogP) is -0.202. The maximum atomic E-state index is 10.3. The molecule has 0 spiro atoms. The second kappa shape index (κ2) is 4.36. The van der Waals surface area contributed by atoms with Crippen LogP contribution in [0.3, 0.4) is 0 Å². The van der Waals surface area contributed by atoms with Gasteiger partial charge in [-0.1, -0.05) is 11.6 Å². The van der Waals surface area contributed by atoms with Gasteiger partial charge in [-0.3, -0.25) is 0 Å². The number of aliphatic hydroxyl groups is 2. The van der Waals surface area contributed by atoms with E-state index in [2.05, 4.69) is 5.10 Å². The van der Waals surface area contributed by atoms with Gasteiger partial charge >= 0.3 is 5.82 Å². The largest absolute Gasteiger partial charge is 0.408 e. The molecule has 0 aliphatic carbocycles. The molecule has 0 fully saturated rings. The van der Waals surface area contributed by atoms with Crippen molar-refractivity contribution in [3.63, 3.8) is 0 Å². The highest BCUT2D eigenvalue weighted by atomic mass is 35.5. The monoisotopic (exact) mass is 221 g/mol. The lowest BCUT2D eigenvalue weighted by Gasteiger charge is -2.02. The van der Waals surface area contributed by atoms with Crippen molar-refractivity contribution < 1.29 is 15.1 Å². The molecule has 8 heteroatoms. The van der Waals surface area contributed by atoms with E-state index in [0.717, 1.165) is 4.68 Å². The van der Waals surface area contributed by atoms with Crippen LogP contribution in [0.2, 0.25) is 5.02 Å². The van der Waals surface area contributed by atoms with Crippen LogP contribution in [0, 0.1) is 10.1 Å². The third kappa shape index (κ3) is 2.41. The molecule has 7 nitrogen and oxygen atoms in total. The van der Waals surface area contributed by atoms with E-state index >= 15 is 0 Å². The molecule has 1 aromatic rings. The number of halogens is 1. The van der Waals surface area contributed by atoms with E-state index in [0.29, 0.717) is 0 Å². The molecule has 0 aliphatic heterocycles. The highest BCUT2D eigenvalue weighted by Gasteiger charge is 2.19. The van der Waals surface area contributed by atoms with Crippen LogP contribution in [0.25, 0.3) is 0 Å². The maximum absolute atomic E-state index is 10.3. The molecule has 1 rings (SSSR count). The molecule has 1 atom stereocenters.